The van der Waals surface area contributed by atoms with Crippen molar-refractivity contribution in [3.63, 3.8) is 0 Å². The summed E-state index contributed by atoms with van der Waals surface area (Å²) in [7, 11) is 0. The van der Waals surface area contributed by atoms with Crippen LogP contribution in [0.4, 0.5) is 0 Å². The Hall–Kier alpha value is -0.260. The van der Waals surface area contributed by atoms with E-state index in [1.165, 1.54) is 11.8 Å². The van der Waals surface area contributed by atoms with Gasteiger partial charge in [0.05, 0.1) is 17.7 Å². The minimum Gasteiger partial charge on any atom is -0.394 e. The van der Waals surface area contributed by atoms with Gasteiger partial charge in [0.25, 0.3) is 0 Å². The molecular weight excluding hydrogens is 246 g/mol. The van der Waals surface area contributed by atoms with Crippen LogP contribution in [-0.2, 0) is 0 Å². The molecule has 90 valence electrons. The lowest BCUT2D eigenvalue weighted by Gasteiger charge is -2.10. The Morgan fingerprint density at radius 2 is 2.19 bits per heavy atom. The molecule has 1 rings (SSSR count). The van der Waals surface area contributed by atoms with E-state index in [0.29, 0.717) is 10.8 Å². The lowest BCUT2D eigenvalue weighted by molar-refractivity contribution is 0.113. The number of nitrogens with two attached hydrogens (primary N) is 1. The van der Waals surface area contributed by atoms with E-state index in [-0.39, 0.29) is 12.6 Å². The highest BCUT2D eigenvalue weighted by Crippen LogP contribution is 2.29. The van der Waals surface area contributed by atoms with Gasteiger partial charge in [-0.05, 0) is 24.6 Å². The first-order valence-electron chi connectivity index (χ1n) is 5.01. The van der Waals surface area contributed by atoms with Crippen molar-refractivity contribution in [1.29, 1.82) is 0 Å². The molecule has 0 fully saturated rings. The lowest BCUT2D eigenvalue weighted by Crippen LogP contribution is -2.14. The van der Waals surface area contributed by atoms with Crippen molar-refractivity contribution in [2.24, 2.45) is 5.73 Å². The molecule has 5 heteroatoms. The number of halogens is 1. The largest absolute Gasteiger partial charge is 0.394 e. The Balaban J connectivity index is 2.68. The van der Waals surface area contributed by atoms with Gasteiger partial charge in [0.15, 0.2) is 0 Å². The molecule has 1 aromatic carbocycles. The molecule has 0 heterocycles. The van der Waals surface area contributed by atoms with Crippen LogP contribution in [0.25, 0.3) is 0 Å². The van der Waals surface area contributed by atoms with Gasteiger partial charge in [-0.15, -0.1) is 11.8 Å². The highest BCUT2D eigenvalue weighted by molar-refractivity contribution is 7.99. The average Bonchev–Trinajstić information content (AvgIpc) is 2.26. The van der Waals surface area contributed by atoms with Crippen LogP contribution in [0.1, 0.15) is 18.5 Å². The quantitative estimate of drug-likeness (QED) is 0.708. The van der Waals surface area contributed by atoms with Crippen LogP contribution >= 0.6 is 23.4 Å². The molecule has 16 heavy (non-hydrogen) atoms. The molecule has 0 spiro atoms. The maximum atomic E-state index is 9.22. The Morgan fingerprint density at radius 3 is 2.69 bits per heavy atom. The van der Waals surface area contributed by atoms with Gasteiger partial charge in [-0.3, -0.25) is 0 Å². The summed E-state index contributed by atoms with van der Waals surface area (Å²) in [5.74, 6) is 0.424. The fraction of sp³-hybridized carbons (Fsp3) is 0.455. The van der Waals surface area contributed by atoms with Crippen LogP contribution in [0.15, 0.2) is 23.1 Å². The zero-order valence-corrected chi connectivity index (χ0v) is 10.6. The lowest BCUT2D eigenvalue weighted by atomic mass is 10.1. The number of hydrogen-bond acceptors (Lipinski definition) is 4. The molecule has 0 saturated heterocycles. The van der Waals surface area contributed by atoms with Crippen LogP contribution in [0.3, 0.4) is 0 Å². The second-order valence-electron chi connectivity index (χ2n) is 3.63. The zero-order valence-electron chi connectivity index (χ0n) is 9.06. The molecule has 0 amide bonds. The van der Waals surface area contributed by atoms with Crippen molar-refractivity contribution in [2.45, 2.75) is 24.0 Å². The van der Waals surface area contributed by atoms with E-state index in [4.69, 9.17) is 22.4 Å². The third-order valence-corrected chi connectivity index (χ3v) is 3.77. The van der Waals surface area contributed by atoms with Crippen molar-refractivity contribution in [1.82, 2.24) is 0 Å². The third kappa shape index (κ3) is 3.96. The monoisotopic (exact) mass is 261 g/mol. The van der Waals surface area contributed by atoms with Gasteiger partial charge in [0.1, 0.15) is 0 Å². The summed E-state index contributed by atoms with van der Waals surface area (Å²) in [6.07, 6.45) is -0.714. The predicted molar refractivity (Wildman–Crippen MR) is 67.9 cm³/mol. The van der Waals surface area contributed by atoms with Crippen molar-refractivity contribution >= 4 is 23.4 Å². The van der Waals surface area contributed by atoms with Crippen LogP contribution in [-0.4, -0.2) is 28.7 Å². The van der Waals surface area contributed by atoms with Crippen molar-refractivity contribution in [3.8, 4) is 0 Å². The topological polar surface area (TPSA) is 66.5 Å². The molecule has 0 aliphatic carbocycles. The fourth-order valence-electron chi connectivity index (χ4n) is 1.16. The van der Waals surface area contributed by atoms with Crippen molar-refractivity contribution in [2.75, 3.05) is 12.4 Å². The zero-order chi connectivity index (χ0) is 12.1. The van der Waals surface area contributed by atoms with E-state index < -0.39 is 6.10 Å². The Labute approximate surface area is 105 Å². The number of aliphatic hydroxyl groups excluding tert-OH is 2. The first-order valence-corrected chi connectivity index (χ1v) is 6.37. The van der Waals surface area contributed by atoms with E-state index in [9.17, 15) is 5.11 Å². The predicted octanol–water partition coefficient (Wildman–Crippen LogP) is 1.81. The highest BCUT2D eigenvalue weighted by Gasteiger charge is 2.08. The normalized spacial score (nSPS) is 14.8. The average molecular weight is 262 g/mol. The van der Waals surface area contributed by atoms with Gasteiger partial charge in [-0.1, -0.05) is 17.7 Å². The van der Waals surface area contributed by atoms with Gasteiger partial charge in [-0.25, -0.2) is 0 Å². The van der Waals surface area contributed by atoms with Crippen LogP contribution in [0.5, 0.6) is 0 Å². The van der Waals surface area contributed by atoms with E-state index in [0.717, 1.165) is 10.5 Å². The third-order valence-electron chi connectivity index (χ3n) is 2.12. The van der Waals surface area contributed by atoms with Crippen LogP contribution in [0, 0.1) is 0 Å². The maximum Gasteiger partial charge on any atom is 0.0864 e. The highest BCUT2D eigenvalue weighted by atomic mass is 35.5. The summed E-state index contributed by atoms with van der Waals surface area (Å²) < 4.78 is 0. The molecule has 2 atom stereocenters. The summed E-state index contributed by atoms with van der Waals surface area (Å²) in [4.78, 5) is 0.888. The first kappa shape index (κ1) is 13.8. The van der Waals surface area contributed by atoms with E-state index in [1.54, 1.807) is 0 Å². The molecule has 4 N–H and O–H groups in total. The maximum absolute atomic E-state index is 9.22. The molecule has 0 radical (unpaired) electrons. The number of benzene rings is 1. The first-order chi connectivity index (χ1) is 7.54. The molecule has 1 unspecified atom stereocenters. The number of rotatable bonds is 5. The molecule has 3 nitrogen and oxygen atoms in total. The van der Waals surface area contributed by atoms with Crippen molar-refractivity contribution < 1.29 is 10.2 Å². The molecule has 0 aromatic heterocycles. The second kappa shape index (κ2) is 6.47. The molecular formula is C11H16ClNO2S. The SMILES string of the molecule is C[C@@H](N)c1ccc(SCC(O)CO)c(Cl)c1. The molecule has 0 aliphatic heterocycles. The van der Waals surface area contributed by atoms with Gasteiger partial charge in [0, 0.05) is 16.7 Å². The van der Waals surface area contributed by atoms with Gasteiger partial charge in [0.2, 0.25) is 0 Å². The Morgan fingerprint density at radius 1 is 1.50 bits per heavy atom. The summed E-state index contributed by atoms with van der Waals surface area (Å²) >= 11 is 7.50. The van der Waals surface area contributed by atoms with Crippen LogP contribution in [0.2, 0.25) is 5.02 Å². The minimum atomic E-state index is -0.714. The van der Waals surface area contributed by atoms with E-state index in [1.807, 2.05) is 25.1 Å². The molecule has 0 saturated carbocycles. The smallest absolute Gasteiger partial charge is 0.0864 e. The van der Waals surface area contributed by atoms with Gasteiger partial charge >= 0.3 is 0 Å². The summed E-state index contributed by atoms with van der Waals surface area (Å²) in [6.45, 7) is 1.66. The Kier molecular flexibility index (Phi) is 5.58. The molecule has 0 aliphatic rings. The number of hydrogen-bond donors (Lipinski definition) is 3. The molecule has 1 aromatic rings. The van der Waals surface area contributed by atoms with Gasteiger partial charge in [-0.2, -0.15) is 0 Å². The van der Waals surface area contributed by atoms with Gasteiger partial charge < -0.3 is 15.9 Å². The Bertz CT molecular complexity index is 347. The van der Waals surface area contributed by atoms with E-state index in [2.05, 4.69) is 0 Å². The number of thioether (sulfide) groups is 1. The standard InChI is InChI=1S/C11H16ClNO2S/c1-7(13)8-2-3-11(10(12)4-8)16-6-9(15)5-14/h2-4,7,9,14-15H,5-6,13H2,1H3/t7-,9?/m1/s1. The summed E-state index contributed by atoms with van der Waals surface area (Å²) in [5, 5.41) is 18.5. The van der Waals surface area contributed by atoms with E-state index >= 15 is 0 Å². The molecule has 0 bridgehead atoms. The summed E-state index contributed by atoms with van der Waals surface area (Å²) in [5.41, 5.74) is 6.72. The minimum absolute atomic E-state index is 0.0421. The second-order valence-corrected chi connectivity index (χ2v) is 5.09. The summed E-state index contributed by atoms with van der Waals surface area (Å²) in [6, 6.07) is 5.60. The fourth-order valence-corrected chi connectivity index (χ4v) is 2.35. The van der Waals surface area contributed by atoms with Crippen LogP contribution < -0.4 is 5.73 Å². The van der Waals surface area contributed by atoms with Crippen molar-refractivity contribution in [3.05, 3.63) is 28.8 Å². The number of aliphatic hydroxyl groups is 2.